The van der Waals surface area contributed by atoms with E-state index >= 15 is 0 Å². The second-order valence-electron chi connectivity index (χ2n) is 7.27. The summed E-state index contributed by atoms with van der Waals surface area (Å²) in [7, 11) is 0. The lowest BCUT2D eigenvalue weighted by atomic mass is 10.3. The molecule has 4 rings (SSSR count). The molecule has 3 aromatic rings. The first-order valence-electron chi connectivity index (χ1n) is 9.97. The maximum absolute atomic E-state index is 12.9. The van der Waals surface area contributed by atoms with Gasteiger partial charge in [0.2, 0.25) is 5.91 Å². The third-order valence-corrected chi connectivity index (χ3v) is 5.99. The number of carbonyl (C=O) groups excluding carboxylic acids is 2. The van der Waals surface area contributed by atoms with Crippen LogP contribution in [0.4, 0.5) is 5.69 Å². The number of ether oxygens (including phenoxy) is 1. The minimum Gasteiger partial charge on any atom is -0.484 e. The molecule has 1 aliphatic heterocycles. The number of hydrogen-bond donors (Lipinski definition) is 0. The van der Waals surface area contributed by atoms with Crippen LogP contribution in [0.5, 0.6) is 5.75 Å². The van der Waals surface area contributed by atoms with Crippen LogP contribution in [-0.2, 0) is 22.7 Å². The summed E-state index contributed by atoms with van der Waals surface area (Å²) in [5.74, 6) is 1.37. The zero-order chi connectivity index (χ0) is 20.9. The van der Waals surface area contributed by atoms with E-state index in [9.17, 15) is 9.59 Å². The van der Waals surface area contributed by atoms with Gasteiger partial charge in [0, 0.05) is 28.4 Å². The Balaban J connectivity index is 1.38. The quantitative estimate of drug-likeness (QED) is 0.538. The summed E-state index contributed by atoms with van der Waals surface area (Å²) in [5, 5.41) is 0. The number of aryl methyl sites for hydroxylation is 1. The van der Waals surface area contributed by atoms with Gasteiger partial charge in [0.25, 0.3) is 5.91 Å². The minimum atomic E-state index is -0.115. The van der Waals surface area contributed by atoms with E-state index in [1.165, 1.54) is 4.88 Å². The SMILES string of the molecule is Cc1ccc(CN(Cc2ccco2)C(=O)COc2ccc(N3CCCC3=O)cc2)s1. The van der Waals surface area contributed by atoms with E-state index in [1.807, 2.05) is 30.3 Å². The molecule has 1 aliphatic rings. The molecule has 30 heavy (non-hydrogen) atoms. The van der Waals surface area contributed by atoms with Crippen LogP contribution in [0, 0.1) is 6.92 Å². The van der Waals surface area contributed by atoms with Gasteiger partial charge in [-0.15, -0.1) is 11.3 Å². The van der Waals surface area contributed by atoms with Crippen LogP contribution >= 0.6 is 11.3 Å². The number of furan rings is 1. The van der Waals surface area contributed by atoms with Gasteiger partial charge >= 0.3 is 0 Å². The lowest BCUT2D eigenvalue weighted by Crippen LogP contribution is -2.33. The number of nitrogens with zero attached hydrogens (tertiary/aromatic N) is 2. The van der Waals surface area contributed by atoms with Crippen LogP contribution in [0.25, 0.3) is 0 Å². The lowest BCUT2D eigenvalue weighted by Gasteiger charge is -2.21. The van der Waals surface area contributed by atoms with Gasteiger partial charge < -0.3 is 19.0 Å². The smallest absolute Gasteiger partial charge is 0.261 e. The summed E-state index contributed by atoms with van der Waals surface area (Å²) in [6.45, 7) is 3.64. The molecule has 0 radical (unpaired) electrons. The Labute approximate surface area is 179 Å². The van der Waals surface area contributed by atoms with Gasteiger partial charge in [0.15, 0.2) is 6.61 Å². The molecule has 1 saturated heterocycles. The molecule has 7 heteroatoms. The van der Waals surface area contributed by atoms with Crippen molar-refractivity contribution < 1.29 is 18.7 Å². The molecular formula is C23H24N2O4S. The second-order valence-corrected chi connectivity index (χ2v) is 8.65. The summed E-state index contributed by atoms with van der Waals surface area (Å²) in [4.78, 5) is 30.6. The molecule has 2 amide bonds. The Kier molecular flexibility index (Phi) is 6.18. The highest BCUT2D eigenvalue weighted by atomic mass is 32.1. The van der Waals surface area contributed by atoms with Crippen LogP contribution in [0.15, 0.2) is 59.2 Å². The van der Waals surface area contributed by atoms with Gasteiger partial charge in [-0.2, -0.15) is 0 Å². The van der Waals surface area contributed by atoms with E-state index in [0.717, 1.165) is 29.3 Å². The fourth-order valence-electron chi connectivity index (χ4n) is 3.46. The van der Waals surface area contributed by atoms with E-state index in [1.54, 1.807) is 39.5 Å². The van der Waals surface area contributed by atoms with Crippen LogP contribution in [0.2, 0.25) is 0 Å². The van der Waals surface area contributed by atoms with Crippen molar-refractivity contribution in [3.63, 3.8) is 0 Å². The highest BCUT2D eigenvalue weighted by molar-refractivity contribution is 7.11. The number of thiophene rings is 1. The molecule has 1 aromatic carbocycles. The van der Waals surface area contributed by atoms with Gasteiger partial charge in [0.05, 0.1) is 19.4 Å². The van der Waals surface area contributed by atoms with Crippen molar-refractivity contribution in [2.75, 3.05) is 18.1 Å². The monoisotopic (exact) mass is 424 g/mol. The van der Waals surface area contributed by atoms with Crippen molar-refractivity contribution in [1.29, 1.82) is 0 Å². The fourth-order valence-corrected chi connectivity index (χ4v) is 4.37. The number of rotatable bonds is 8. The Morgan fingerprint density at radius 2 is 2.00 bits per heavy atom. The number of benzene rings is 1. The summed E-state index contributed by atoms with van der Waals surface area (Å²) < 4.78 is 11.2. The molecule has 6 nitrogen and oxygen atoms in total. The Morgan fingerprint density at radius 1 is 1.17 bits per heavy atom. The normalized spacial score (nSPS) is 13.6. The van der Waals surface area contributed by atoms with Crippen molar-refractivity contribution in [2.24, 2.45) is 0 Å². The molecule has 0 N–H and O–H groups in total. The van der Waals surface area contributed by atoms with Crippen molar-refractivity contribution in [3.8, 4) is 5.75 Å². The molecule has 2 aromatic heterocycles. The first-order chi connectivity index (χ1) is 14.6. The summed E-state index contributed by atoms with van der Waals surface area (Å²) >= 11 is 1.68. The highest BCUT2D eigenvalue weighted by Crippen LogP contribution is 2.24. The molecule has 0 spiro atoms. The molecule has 0 saturated carbocycles. The van der Waals surface area contributed by atoms with E-state index in [4.69, 9.17) is 9.15 Å². The van der Waals surface area contributed by atoms with Gasteiger partial charge in [-0.05, 0) is 61.9 Å². The molecule has 1 fully saturated rings. The van der Waals surface area contributed by atoms with Crippen LogP contribution in [0.3, 0.4) is 0 Å². The predicted octanol–water partition coefficient (Wildman–Crippen LogP) is 4.38. The zero-order valence-corrected chi connectivity index (χ0v) is 17.7. The highest BCUT2D eigenvalue weighted by Gasteiger charge is 2.22. The topological polar surface area (TPSA) is 63.0 Å². The maximum atomic E-state index is 12.9. The van der Waals surface area contributed by atoms with E-state index in [-0.39, 0.29) is 18.4 Å². The average molecular weight is 425 g/mol. The molecule has 156 valence electrons. The van der Waals surface area contributed by atoms with Crippen molar-refractivity contribution in [2.45, 2.75) is 32.9 Å². The van der Waals surface area contributed by atoms with Crippen molar-refractivity contribution in [3.05, 3.63) is 70.3 Å². The zero-order valence-electron chi connectivity index (χ0n) is 16.9. The predicted molar refractivity (Wildman–Crippen MR) is 116 cm³/mol. The molecule has 0 aliphatic carbocycles. The maximum Gasteiger partial charge on any atom is 0.261 e. The number of hydrogen-bond acceptors (Lipinski definition) is 5. The summed E-state index contributed by atoms with van der Waals surface area (Å²) in [5.41, 5.74) is 0.865. The van der Waals surface area contributed by atoms with Gasteiger partial charge in [-0.3, -0.25) is 9.59 Å². The van der Waals surface area contributed by atoms with Gasteiger partial charge in [0.1, 0.15) is 11.5 Å². The van der Waals surface area contributed by atoms with Crippen LogP contribution in [-0.4, -0.2) is 29.9 Å². The minimum absolute atomic E-state index is 0.0624. The number of carbonyl (C=O) groups is 2. The van der Waals surface area contributed by atoms with Crippen LogP contribution in [0.1, 0.15) is 28.4 Å². The first-order valence-corrected chi connectivity index (χ1v) is 10.8. The van der Waals surface area contributed by atoms with Crippen molar-refractivity contribution in [1.82, 2.24) is 4.90 Å². The molecule has 0 atom stereocenters. The molecule has 0 bridgehead atoms. The van der Waals surface area contributed by atoms with Crippen molar-refractivity contribution >= 4 is 28.8 Å². The van der Waals surface area contributed by atoms with E-state index < -0.39 is 0 Å². The van der Waals surface area contributed by atoms with E-state index in [2.05, 4.69) is 13.0 Å². The third kappa shape index (κ3) is 4.91. The average Bonchev–Trinajstić information content (AvgIpc) is 3.49. The number of anilines is 1. The molecule has 0 unspecified atom stereocenters. The van der Waals surface area contributed by atoms with E-state index in [0.29, 0.717) is 25.3 Å². The Hall–Kier alpha value is -3.06. The largest absolute Gasteiger partial charge is 0.484 e. The van der Waals surface area contributed by atoms with Crippen LogP contribution < -0.4 is 9.64 Å². The standard InChI is InChI=1S/C23H24N2O4S/c1-17-6-11-21(30-17)15-24(14-20-4-3-13-28-20)23(27)16-29-19-9-7-18(8-10-19)25-12-2-5-22(25)26/h3-4,6-11,13H,2,5,12,14-16H2,1H3. The summed E-state index contributed by atoms with van der Waals surface area (Å²) in [6, 6.07) is 15.1. The number of amides is 2. The van der Waals surface area contributed by atoms with Gasteiger partial charge in [-0.1, -0.05) is 0 Å². The lowest BCUT2D eigenvalue weighted by molar-refractivity contribution is -0.134. The summed E-state index contributed by atoms with van der Waals surface area (Å²) in [6.07, 6.45) is 3.10. The molecular weight excluding hydrogens is 400 g/mol. The second kappa shape index (κ2) is 9.17. The first kappa shape index (κ1) is 20.2. The Bertz CT molecular complexity index is 995. The fraction of sp³-hybridized carbons (Fsp3) is 0.304. The Morgan fingerprint density at radius 3 is 2.63 bits per heavy atom. The van der Waals surface area contributed by atoms with Gasteiger partial charge in [-0.25, -0.2) is 0 Å². The third-order valence-electron chi connectivity index (χ3n) is 5.01. The molecule has 3 heterocycles.